The summed E-state index contributed by atoms with van der Waals surface area (Å²) in [6, 6.07) is 13.4. The van der Waals surface area contributed by atoms with Crippen LogP contribution in [-0.2, 0) is 0 Å². The van der Waals surface area contributed by atoms with E-state index < -0.39 is 0 Å². The molecule has 4 rings (SSSR count). The molecule has 0 saturated heterocycles. The summed E-state index contributed by atoms with van der Waals surface area (Å²) in [6.07, 6.45) is 1.16. The average molecular weight is 383 g/mol. The van der Waals surface area contributed by atoms with Crippen LogP contribution in [0.15, 0.2) is 36.4 Å². The molecule has 0 spiro atoms. The zero-order chi connectivity index (χ0) is 18.4. The molecule has 1 heterocycles. The van der Waals surface area contributed by atoms with Crippen LogP contribution < -0.4 is 5.32 Å². The molecule has 4 nitrogen and oxygen atoms in total. The first-order chi connectivity index (χ1) is 12.4. The van der Waals surface area contributed by atoms with Crippen molar-refractivity contribution in [3.05, 3.63) is 68.2 Å². The van der Waals surface area contributed by atoms with Crippen LogP contribution in [0.3, 0.4) is 0 Å². The Morgan fingerprint density at radius 2 is 1.65 bits per heavy atom. The van der Waals surface area contributed by atoms with Gasteiger partial charge in [0, 0.05) is 17.6 Å². The van der Waals surface area contributed by atoms with Crippen LogP contribution in [0.1, 0.15) is 34.6 Å². The summed E-state index contributed by atoms with van der Waals surface area (Å²) in [5.41, 5.74) is 7.65. The van der Waals surface area contributed by atoms with Crippen molar-refractivity contribution in [2.45, 2.75) is 39.2 Å². The predicted molar refractivity (Wildman–Crippen MR) is 112 cm³/mol. The van der Waals surface area contributed by atoms with Gasteiger partial charge in [-0.3, -0.25) is 14.8 Å². The van der Waals surface area contributed by atoms with Gasteiger partial charge in [0.15, 0.2) is 9.54 Å². The Balaban J connectivity index is 1.55. The minimum atomic E-state index is 0.472. The molecule has 3 aromatic rings. The number of aryl methyl sites for hydroxylation is 3. The van der Waals surface area contributed by atoms with Crippen molar-refractivity contribution in [1.82, 2.24) is 14.8 Å². The summed E-state index contributed by atoms with van der Waals surface area (Å²) in [7, 11) is 0. The molecule has 134 valence electrons. The largest absolute Gasteiger partial charge is 0.382 e. The molecule has 0 bridgehead atoms. The minimum absolute atomic E-state index is 0.472. The summed E-state index contributed by atoms with van der Waals surface area (Å²) in [5, 5.41) is 9.43. The molecule has 2 unspecified atom stereocenters. The second kappa shape index (κ2) is 6.52. The molecule has 0 amide bonds. The van der Waals surface area contributed by atoms with Gasteiger partial charge in [0.25, 0.3) is 0 Å². The fraction of sp³-hybridized carbons (Fsp3) is 0.300. The van der Waals surface area contributed by atoms with E-state index in [4.69, 9.17) is 24.4 Å². The highest BCUT2D eigenvalue weighted by molar-refractivity contribution is 7.72. The molecule has 1 fully saturated rings. The van der Waals surface area contributed by atoms with E-state index in [2.05, 4.69) is 60.6 Å². The lowest BCUT2D eigenvalue weighted by atomic mass is 9.97. The second-order valence-electron chi connectivity index (χ2n) is 7.13. The first kappa shape index (κ1) is 17.2. The molecule has 2 atom stereocenters. The normalized spacial score (nSPS) is 18.7. The summed E-state index contributed by atoms with van der Waals surface area (Å²) in [4.78, 5) is 0. The third-order valence-electron chi connectivity index (χ3n) is 5.21. The molecule has 2 aromatic carbocycles. The van der Waals surface area contributed by atoms with E-state index in [0.29, 0.717) is 21.5 Å². The van der Waals surface area contributed by atoms with Crippen LogP contribution >= 0.6 is 24.4 Å². The smallest absolute Gasteiger partial charge is 0.198 e. The summed E-state index contributed by atoms with van der Waals surface area (Å²) in [5.74, 6) is 0.579. The van der Waals surface area contributed by atoms with Crippen molar-refractivity contribution in [3.63, 3.8) is 0 Å². The van der Waals surface area contributed by atoms with Crippen molar-refractivity contribution in [1.29, 1.82) is 0 Å². The lowest BCUT2D eigenvalue weighted by molar-refractivity contribution is 1.00. The Labute approximate surface area is 163 Å². The van der Waals surface area contributed by atoms with Gasteiger partial charge in [-0.05, 0) is 92.1 Å². The van der Waals surface area contributed by atoms with E-state index in [1.807, 2.05) is 16.7 Å². The van der Waals surface area contributed by atoms with E-state index in [9.17, 15) is 0 Å². The van der Waals surface area contributed by atoms with Gasteiger partial charge in [-0.25, -0.2) is 0 Å². The van der Waals surface area contributed by atoms with Crippen molar-refractivity contribution in [2.75, 3.05) is 5.32 Å². The fourth-order valence-corrected chi connectivity index (χ4v) is 4.13. The van der Waals surface area contributed by atoms with Crippen molar-refractivity contribution in [3.8, 4) is 5.69 Å². The third kappa shape index (κ3) is 3.15. The van der Waals surface area contributed by atoms with Gasteiger partial charge < -0.3 is 5.32 Å². The van der Waals surface area contributed by atoms with Crippen molar-refractivity contribution >= 4 is 30.1 Å². The molecular formula is C20H22N4S2. The third-order valence-corrected chi connectivity index (χ3v) is 5.78. The first-order valence-electron chi connectivity index (χ1n) is 8.78. The summed E-state index contributed by atoms with van der Waals surface area (Å²) in [6.45, 7) is 6.58. The fourth-order valence-electron chi connectivity index (χ4n) is 3.57. The minimum Gasteiger partial charge on any atom is -0.382 e. The highest BCUT2D eigenvalue weighted by Crippen LogP contribution is 2.44. The Hall–Kier alpha value is -2.18. The lowest BCUT2D eigenvalue weighted by Crippen LogP contribution is -2.06. The van der Waals surface area contributed by atoms with E-state index >= 15 is 0 Å². The number of rotatable bonds is 4. The van der Waals surface area contributed by atoms with Gasteiger partial charge in [0.1, 0.15) is 0 Å². The predicted octanol–water partition coefficient (Wildman–Crippen LogP) is 5.49. The van der Waals surface area contributed by atoms with Gasteiger partial charge in [-0.15, -0.1) is 0 Å². The van der Waals surface area contributed by atoms with Crippen LogP contribution in [-0.4, -0.2) is 20.8 Å². The Morgan fingerprint density at radius 1 is 0.962 bits per heavy atom. The number of aromatic amines is 2. The number of benzene rings is 2. The van der Waals surface area contributed by atoms with Crippen LogP contribution in [0.25, 0.3) is 5.69 Å². The van der Waals surface area contributed by atoms with Gasteiger partial charge in [-0.1, -0.05) is 18.2 Å². The highest BCUT2D eigenvalue weighted by atomic mass is 32.1. The van der Waals surface area contributed by atoms with Crippen molar-refractivity contribution < 1.29 is 0 Å². The zero-order valence-electron chi connectivity index (χ0n) is 15.1. The van der Waals surface area contributed by atoms with E-state index in [1.165, 1.54) is 22.3 Å². The molecule has 1 aliphatic carbocycles. The monoisotopic (exact) mass is 382 g/mol. The number of nitrogens with one attached hydrogen (secondary N) is 3. The molecule has 1 aliphatic rings. The molecule has 3 N–H and O–H groups in total. The molecular weight excluding hydrogens is 360 g/mol. The molecule has 0 aliphatic heterocycles. The average Bonchev–Trinajstić information content (AvgIpc) is 3.27. The Morgan fingerprint density at radius 3 is 2.38 bits per heavy atom. The number of H-pyrrole nitrogens is 2. The maximum atomic E-state index is 5.31. The van der Waals surface area contributed by atoms with Crippen LogP contribution in [0.2, 0.25) is 0 Å². The Kier molecular flexibility index (Phi) is 4.32. The van der Waals surface area contributed by atoms with Crippen LogP contribution in [0.4, 0.5) is 5.69 Å². The first-order valence-corrected chi connectivity index (χ1v) is 9.60. The Bertz CT molecular complexity index is 1060. The molecule has 6 heteroatoms. The maximum Gasteiger partial charge on any atom is 0.198 e. The van der Waals surface area contributed by atoms with Crippen LogP contribution in [0, 0.1) is 30.3 Å². The number of anilines is 1. The highest BCUT2D eigenvalue weighted by Gasteiger charge is 2.39. The topological polar surface area (TPSA) is 48.5 Å². The van der Waals surface area contributed by atoms with Gasteiger partial charge in [-0.2, -0.15) is 0 Å². The molecule has 0 radical (unpaired) electrons. The number of nitrogens with zero attached hydrogens (tertiary/aromatic N) is 1. The number of hydrogen-bond acceptors (Lipinski definition) is 3. The SMILES string of the molecule is Cc1cc(C)c(C2CC2Nc2cccc(-n3c(=S)[nH][nH]c3=S)c2)cc1C. The second-order valence-corrected chi connectivity index (χ2v) is 7.91. The van der Waals surface area contributed by atoms with E-state index in [0.717, 1.165) is 17.8 Å². The molecule has 26 heavy (non-hydrogen) atoms. The van der Waals surface area contributed by atoms with Gasteiger partial charge in [0.05, 0.1) is 5.69 Å². The molecule has 1 aromatic heterocycles. The number of aromatic nitrogens is 3. The lowest BCUT2D eigenvalue weighted by Gasteiger charge is -2.12. The summed E-state index contributed by atoms with van der Waals surface area (Å²) >= 11 is 10.6. The molecule has 1 saturated carbocycles. The standard InChI is InChI=1S/C20H22N4S2/c1-11-7-13(3)16(8-12(11)2)17-10-18(17)21-14-5-4-6-15(9-14)24-19(25)22-23-20(24)26/h4-9,17-18,21H,10H2,1-3H3,(H,22,25)(H,23,26). The van der Waals surface area contributed by atoms with Gasteiger partial charge in [0.2, 0.25) is 0 Å². The quantitative estimate of drug-likeness (QED) is 0.523. The van der Waals surface area contributed by atoms with Crippen LogP contribution in [0.5, 0.6) is 0 Å². The van der Waals surface area contributed by atoms with E-state index in [-0.39, 0.29) is 0 Å². The van der Waals surface area contributed by atoms with Gasteiger partial charge >= 0.3 is 0 Å². The number of hydrogen-bond donors (Lipinski definition) is 3. The van der Waals surface area contributed by atoms with Crippen molar-refractivity contribution in [2.24, 2.45) is 0 Å². The summed E-state index contributed by atoms with van der Waals surface area (Å²) < 4.78 is 2.97. The zero-order valence-corrected chi connectivity index (χ0v) is 16.7. The van der Waals surface area contributed by atoms with E-state index in [1.54, 1.807) is 0 Å². The maximum absolute atomic E-state index is 5.31.